The number of H-pyrrole nitrogens is 1. The van der Waals surface area contributed by atoms with Gasteiger partial charge in [0.15, 0.2) is 5.65 Å². The summed E-state index contributed by atoms with van der Waals surface area (Å²) in [6.07, 6.45) is 6.85. The summed E-state index contributed by atoms with van der Waals surface area (Å²) < 4.78 is 7.85. The van der Waals surface area contributed by atoms with Gasteiger partial charge < -0.3 is 15.0 Å². The molecule has 7 heterocycles. The quantitative estimate of drug-likeness (QED) is 0.371. The zero-order valence-corrected chi connectivity index (χ0v) is 23.7. The molecule has 0 radical (unpaired) electrons. The minimum Gasteiger partial charge on any atom is -0.372 e. The third kappa shape index (κ3) is 3.58. The van der Waals surface area contributed by atoms with Crippen molar-refractivity contribution >= 4 is 33.1 Å². The molecule has 4 aromatic rings. The van der Waals surface area contributed by atoms with E-state index in [-0.39, 0.29) is 5.91 Å². The maximum Gasteiger partial charge on any atom is 0.233 e. The molecule has 2 fully saturated rings. The molecule has 1 unspecified atom stereocenters. The molecule has 38 heavy (non-hydrogen) atoms. The second-order valence-electron chi connectivity index (χ2n) is 11.7. The van der Waals surface area contributed by atoms with Gasteiger partial charge in [0, 0.05) is 46.7 Å². The summed E-state index contributed by atoms with van der Waals surface area (Å²) in [5, 5.41) is 8.86. The number of rotatable bonds is 5. The number of nitrogens with zero attached hydrogens (tertiary/aromatic N) is 4. The largest absolute Gasteiger partial charge is 0.372 e. The van der Waals surface area contributed by atoms with E-state index in [0.717, 1.165) is 29.9 Å². The van der Waals surface area contributed by atoms with Crippen molar-refractivity contribution in [1.82, 2.24) is 29.8 Å². The van der Waals surface area contributed by atoms with Gasteiger partial charge in [-0.05, 0) is 68.1 Å². The highest BCUT2D eigenvalue weighted by atomic mass is 32.1. The van der Waals surface area contributed by atoms with Crippen molar-refractivity contribution in [3.05, 3.63) is 39.2 Å². The van der Waals surface area contributed by atoms with E-state index in [1.54, 1.807) is 7.05 Å². The number of amides is 1. The Morgan fingerprint density at radius 1 is 1.21 bits per heavy atom. The third-order valence-electron chi connectivity index (χ3n) is 9.11. The standard InChI is InChI=1S/C29H36N6O2S/c1-14(2)24-25-15(3)27(17-8-18-6-7-19(9-17)34(18)11-23(36)30-5)38-29(25)32-26(24)20-10-35-28(31-16(4)33-35)22-13-37-12-21(20)22/h10,14,17-19,32H,6-9,11-13H2,1-5H3,(H,30,36)/t17?,18-,19+. The molecule has 2 N–H and O–H groups in total. The maximum atomic E-state index is 12.1. The number of aromatic nitrogens is 4. The van der Waals surface area contributed by atoms with Gasteiger partial charge >= 0.3 is 0 Å². The number of pyridine rings is 1. The molecule has 9 heteroatoms. The van der Waals surface area contributed by atoms with Crippen LogP contribution in [0.2, 0.25) is 0 Å². The summed E-state index contributed by atoms with van der Waals surface area (Å²) in [4.78, 5) is 25.9. The molecule has 1 amide bonds. The van der Waals surface area contributed by atoms with Crippen molar-refractivity contribution in [2.45, 2.75) is 90.5 Å². The molecule has 8 nitrogen and oxygen atoms in total. The minimum absolute atomic E-state index is 0.131. The number of fused-ring (bicyclic) bond motifs is 6. The molecule has 0 saturated carbocycles. The molecule has 3 atom stereocenters. The van der Waals surface area contributed by atoms with Crippen molar-refractivity contribution < 1.29 is 9.53 Å². The average Bonchev–Trinajstić information content (AvgIpc) is 3.68. The number of likely N-dealkylation sites (N-methyl/N-ethyl adjacent to an activating group) is 1. The van der Waals surface area contributed by atoms with Gasteiger partial charge in [-0.1, -0.05) is 13.8 Å². The van der Waals surface area contributed by atoms with Crippen molar-refractivity contribution in [2.24, 2.45) is 0 Å². The molecule has 0 spiro atoms. The summed E-state index contributed by atoms with van der Waals surface area (Å²) >= 11 is 1.95. The highest BCUT2D eigenvalue weighted by Gasteiger charge is 2.42. The number of hydrogen-bond donors (Lipinski definition) is 2. The van der Waals surface area contributed by atoms with Crippen molar-refractivity contribution in [3.8, 4) is 11.3 Å². The highest BCUT2D eigenvalue weighted by molar-refractivity contribution is 7.19. The lowest BCUT2D eigenvalue weighted by atomic mass is 9.86. The van der Waals surface area contributed by atoms with Crippen molar-refractivity contribution in [3.63, 3.8) is 0 Å². The van der Waals surface area contributed by atoms with Crippen LogP contribution in [-0.2, 0) is 22.7 Å². The first-order valence-corrected chi connectivity index (χ1v) is 14.7. The Hall–Kier alpha value is -2.75. The molecule has 2 saturated heterocycles. The van der Waals surface area contributed by atoms with Gasteiger partial charge in [-0.2, -0.15) is 5.10 Å². The summed E-state index contributed by atoms with van der Waals surface area (Å²) in [5.74, 6) is 1.85. The van der Waals surface area contributed by atoms with Crippen LogP contribution < -0.4 is 5.32 Å². The fourth-order valence-electron chi connectivity index (χ4n) is 7.43. The van der Waals surface area contributed by atoms with Crippen LogP contribution in [-0.4, -0.2) is 56.1 Å². The molecular weight excluding hydrogens is 496 g/mol. The lowest BCUT2D eigenvalue weighted by Crippen LogP contribution is -2.46. The predicted molar refractivity (Wildman–Crippen MR) is 150 cm³/mol. The van der Waals surface area contributed by atoms with Gasteiger partial charge in [0.1, 0.15) is 10.7 Å². The van der Waals surface area contributed by atoms with Crippen LogP contribution in [0, 0.1) is 13.8 Å². The monoisotopic (exact) mass is 532 g/mol. The van der Waals surface area contributed by atoms with E-state index in [1.165, 1.54) is 55.9 Å². The summed E-state index contributed by atoms with van der Waals surface area (Å²) in [5.41, 5.74) is 8.52. The minimum atomic E-state index is 0.131. The van der Waals surface area contributed by atoms with E-state index in [1.807, 2.05) is 22.8 Å². The third-order valence-corrected chi connectivity index (χ3v) is 10.5. The first kappa shape index (κ1) is 24.3. The second-order valence-corrected chi connectivity index (χ2v) is 12.7. The number of carbonyl (C=O) groups is 1. The van der Waals surface area contributed by atoms with Gasteiger partial charge in [-0.25, -0.2) is 9.50 Å². The zero-order chi connectivity index (χ0) is 26.3. The van der Waals surface area contributed by atoms with Gasteiger partial charge in [0.25, 0.3) is 0 Å². The molecule has 200 valence electrons. The molecule has 7 rings (SSSR count). The van der Waals surface area contributed by atoms with Crippen LogP contribution >= 0.6 is 11.3 Å². The van der Waals surface area contributed by atoms with Crippen LogP contribution in [0.15, 0.2) is 6.20 Å². The summed E-state index contributed by atoms with van der Waals surface area (Å²) in [6, 6.07) is 1.02. The maximum absolute atomic E-state index is 12.1. The topological polar surface area (TPSA) is 87.6 Å². The Bertz CT molecular complexity index is 1570. The van der Waals surface area contributed by atoms with E-state index in [9.17, 15) is 4.79 Å². The Morgan fingerprint density at radius 2 is 1.95 bits per heavy atom. The predicted octanol–water partition coefficient (Wildman–Crippen LogP) is 5.17. The molecular formula is C29H36N6O2S. The number of piperidine rings is 1. The molecule has 2 bridgehead atoms. The van der Waals surface area contributed by atoms with Gasteiger partial charge in [0.2, 0.25) is 5.91 Å². The Balaban J connectivity index is 1.30. The summed E-state index contributed by atoms with van der Waals surface area (Å²) in [7, 11) is 1.74. The molecule has 3 aliphatic heterocycles. The Labute approximate surface area is 226 Å². The Kier molecular flexibility index (Phi) is 5.69. The Morgan fingerprint density at radius 3 is 2.66 bits per heavy atom. The molecule has 4 aromatic heterocycles. The van der Waals surface area contributed by atoms with Crippen LogP contribution in [0.4, 0.5) is 0 Å². The fraction of sp³-hybridized carbons (Fsp3) is 0.552. The number of hydrogen-bond acceptors (Lipinski definition) is 6. The molecule has 3 aliphatic rings. The lowest BCUT2D eigenvalue weighted by Gasteiger charge is -2.38. The zero-order valence-electron chi connectivity index (χ0n) is 22.9. The van der Waals surface area contributed by atoms with Gasteiger partial charge in [-0.15, -0.1) is 11.3 Å². The van der Waals surface area contributed by atoms with E-state index in [2.05, 4.69) is 52.3 Å². The van der Waals surface area contributed by atoms with E-state index in [0.29, 0.717) is 43.7 Å². The normalized spacial score (nSPS) is 23.3. The SMILES string of the molecule is CNC(=O)CN1[C@@H]2CC[C@H]1CC(c1sc3[nH]c(-c4cn5nc(C)nc5c5c4COC5)c(C(C)C)c3c1C)C2. The van der Waals surface area contributed by atoms with Crippen LogP contribution in [0.5, 0.6) is 0 Å². The van der Waals surface area contributed by atoms with Crippen molar-refractivity contribution in [2.75, 3.05) is 13.6 Å². The van der Waals surface area contributed by atoms with E-state index in [4.69, 9.17) is 4.74 Å². The van der Waals surface area contributed by atoms with Crippen LogP contribution in [0.25, 0.3) is 27.1 Å². The lowest BCUT2D eigenvalue weighted by molar-refractivity contribution is -0.122. The number of thiophene rings is 1. The van der Waals surface area contributed by atoms with Crippen molar-refractivity contribution in [1.29, 1.82) is 0 Å². The average molecular weight is 533 g/mol. The summed E-state index contributed by atoms with van der Waals surface area (Å²) in [6.45, 7) is 10.6. The second kappa shape index (κ2) is 8.89. The molecule has 0 aliphatic carbocycles. The first-order valence-electron chi connectivity index (χ1n) is 13.9. The van der Waals surface area contributed by atoms with Gasteiger partial charge in [-0.3, -0.25) is 9.69 Å². The van der Waals surface area contributed by atoms with Crippen LogP contribution in [0.3, 0.4) is 0 Å². The van der Waals surface area contributed by atoms with E-state index < -0.39 is 0 Å². The first-order chi connectivity index (χ1) is 18.3. The number of aromatic amines is 1. The van der Waals surface area contributed by atoms with Gasteiger partial charge in [0.05, 0.1) is 25.5 Å². The number of carbonyl (C=O) groups excluding carboxylic acids is 1. The van der Waals surface area contributed by atoms with Crippen LogP contribution in [0.1, 0.15) is 84.3 Å². The number of nitrogens with one attached hydrogen (secondary N) is 2. The fourth-order valence-corrected chi connectivity index (χ4v) is 8.78. The molecule has 0 aromatic carbocycles. The number of ether oxygens (including phenoxy) is 1. The highest BCUT2D eigenvalue weighted by Crippen LogP contribution is 2.50. The van der Waals surface area contributed by atoms with E-state index >= 15 is 0 Å². The number of aryl methyl sites for hydroxylation is 2. The smallest absolute Gasteiger partial charge is 0.233 e.